The fourth-order valence-electron chi connectivity index (χ4n) is 1.02. The third kappa shape index (κ3) is 3.11. The van der Waals surface area contributed by atoms with Crippen molar-refractivity contribution in [2.24, 2.45) is 5.73 Å². The molecular weight excluding hydrogens is 228 g/mol. The zero-order chi connectivity index (χ0) is 12.3. The van der Waals surface area contributed by atoms with Gasteiger partial charge in [0, 0.05) is 0 Å². The summed E-state index contributed by atoms with van der Waals surface area (Å²) in [5.74, 6) is -1.82. The number of halogens is 4. The van der Waals surface area contributed by atoms with Gasteiger partial charge in [-0.15, -0.1) is 0 Å². The van der Waals surface area contributed by atoms with Gasteiger partial charge < -0.3 is 11.1 Å². The standard InChI is InChI=1S/C9H8F4N2O/c10-6-3-5(9(11,12)13)1-2-7(6)15-4-8(14)16/h1-3,15H,4H2,(H2,14,16). The highest BCUT2D eigenvalue weighted by Crippen LogP contribution is 2.31. The molecule has 1 aromatic carbocycles. The number of hydrogen-bond acceptors (Lipinski definition) is 2. The summed E-state index contributed by atoms with van der Waals surface area (Å²) in [6.45, 7) is -0.345. The normalized spacial score (nSPS) is 11.2. The summed E-state index contributed by atoms with van der Waals surface area (Å²) in [4.78, 5) is 10.4. The van der Waals surface area contributed by atoms with E-state index in [4.69, 9.17) is 5.73 Å². The van der Waals surface area contributed by atoms with Gasteiger partial charge in [-0.1, -0.05) is 0 Å². The van der Waals surface area contributed by atoms with Crippen LogP contribution in [0.1, 0.15) is 5.56 Å². The van der Waals surface area contributed by atoms with Crippen molar-refractivity contribution < 1.29 is 22.4 Å². The van der Waals surface area contributed by atoms with Gasteiger partial charge in [-0.2, -0.15) is 13.2 Å². The van der Waals surface area contributed by atoms with Gasteiger partial charge >= 0.3 is 6.18 Å². The number of nitrogens with two attached hydrogens (primary N) is 1. The fourth-order valence-corrected chi connectivity index (χ4v) is 1.02. The van der Waals surface area contributed by atoms with Gasteiger partial charge in [0.1, 0.15) is 5.82 Å². The largest absolute Gasteiger partial charge is 0.416 e. The Bertz CT molecular complexity index is 403. The molecule has 0 spiro atoms. The van der Waals surface area contributed by atoms with Gasteiger partial charge in [0.05, 0.1) is 17.8 Å². The number of rotatable bonds is 3. The van der Waals surface area contributed by atoms with Crippen LogP contribution in [0.25, 0.3) is 0 Å². The highest BCUT2D eigenvalue weighted by Gasteiger charge is 2.31. The lowest BCUT2D eigenvalue weighted by atomic mass is 10.2. The molecular formula is C9H8F4N2O. The van der Waals surface area contributed by atoms with Crippen molar-refractivity contribution in [3.05, 3.63) is 29.6 Å². The highest BCUT2D eigenvalue weighted by atomic mass is 19.4. The second-order valence-electron chi connectivity index (χ2n) is 3.01. The molecule has 7 heteroatoms. The molecule has 0 radical (unpaired) electrons. The second-order valence-corrected chi connectivity index (χ2v) is 3.01. The van der Waals surface area contributed by atoms with Crippen molar-refractivity contribution in [2.75, 3.05) is 11.9 Å². The Morgan fingerprint density at radius 3 is 2.44 bits per heavy atom. The van der Waals surface area contributed by atoms with Crippen molar-refractivity contribution in [1.29, 1.82) is 0 Å². The smallest absolute Gasteiger partial charge is 0.374 e. The summed E-state index contributed by atoms with van der Waals surface area (Å²) in [6, 6.07) is 1.97. The van der Waals surface area contributed by atoms with Crippen molar-refractivity contribution in [3.63, 3.8) is 0 Å². The molecule has 1 amide bonds. The van der Waals surface area contributed by atoms with E-state index in [1.54, 1.807) is 0 Å². The minimum Gasteiger partial charge on any atom is -0.374 e. The third-order valence-electron chi connectivity index (χ3n) is 1.75. The minimum atomic E-state index is -4.59. The summed E-state index contributed by atoms with van der Waals surface area (Å²) in [5, 5.41) is 2.27. The average Bonchev–Trinajstić information content (AvgIpc) is 2.14. The Hall–Kier alpha value is -1.79. The van der Waals surface area contributed by atoms with Crippen LogP contribution in [0.3, 0.4) is 0 Å². The van der Waals surface area contributed by atoms with E-state index >= 15 is 0 Å². The SMILES string of the molecule is NC(=O)CNc1ccc(C(F)(F)F)cc1F. The molecule has 3 nitrogen and oxygen atoms in total. The molecule has 16 heavy (non-hydrogen) atoms. The molecule has 1 rings (SSSR count). The first-order valence-corrected chi connectivity index (χ1v) is 4.19. The molecule has 0 saturated heterocycles. The molecule has 0 aliphatic carbocycles. The predicted octanol–water partition coefficient (Wildman–Crippen LogP) is 1.74. The van der Waals surface area contributed by atoms with Crippen molar-refractivity contribution in [2.45, 2.75) is 6.18 Å². The Morgan fingerprint density at radius 2 is 2.00 bits per heavy atom. The van der Waals surface area contributed by atoms with Crippen LogP contribution in [-0.4, -0.2) is 12.5 Å². The molecule has 88 valence electrons. The van der Waals surface area contributed by atoms with E-state index in [1.165, 1.54) is 0 Å². The number of benzene rings is 1. The predicted molar refractivity (Wildman–Crippen MR) is 49.1 cm³/mol. The number of primary amides is 1. The Morgan fingerprint density at radius 1 is 1.38 bits per heavy atom. The number of carbonyl (C=O) groups excluding carboxylic acids is 1. The van der Waals surface area contributed by atoms with Gasteiger partial charge in [0.15, 0.2) is 0 Å². The Labute approximate surface area is 88.2 Å². The van der Waals surface area contributed by atoms with E-state index in [0.29, 0.717) is 12.1 Å². The van der Waals surface area contributed by atoms with Crippen molar-refractivity contribution >= 4 is 11.6 Å². The number of anilines is 1. The average molecular weight is 236 g/mol. The Kier molecular flexibility index (Phi) is 3.36. The Balaban J connectivity index is 2.88. The molecule has 0 aromatic heterocycles. The quantitative estimate of drug-likeness (QED) is 0.785. The van der Waals surface area contributed by atoms with Crippen LogP contribution in [-0.2, 0) is 11.0 Å². The first kappa shape index (κ1) is 12.3. The van der Waals surface area contributed by atoms with Gasteiger partial charge in [-0.3, -0.25) is 4.79 Å². The molecule has 0 heterocycles. The molecule has 0 fully saturated rings. The topological polar surface area (TPSA) is 55.1 Å². The van der Waals surface area contributed by atoms with Crippen LogP contribution in [0.5, 0.6) is 0 Å². The fraction of sp³-hybridized carbons (Fsp3) is 0.222. The molecule has 0 aliphatic rings. The number of alkyl halides is 3. The summed E-state index contributed by atoms with van der Waals surface area (Å²) < 4.78 is 49.6. The molecule has 0 bridgehead atoms. The summed E-state index contributed by atoms with van der Waals surface area (Å²) in [5.41, 5.74) is 3.50. The second kappa shape index (κ2) is 4.38. The minimum absolute atomic E-state index is 0.202. The number of amides is 1. The number of nitrogens with one attached hydrogen (secondary N) is 1. The van der Waals surface area contributed by atoms with Crippen molar-refractivity contribution in [1.82, 2.24) is 0 Å². The molecule has 0 atom stereocenters. The van der Waals surface area contributed by atoms with Crippen LogP contribution >= 0.6 is 0 Å². The highest BCUT2D eigenvalue weighted by molar-refractivity contribution is 5.78. The number of carbonyl (C=O) groups is 1. The van der Waals surface area contributed by atoms with Crippen LogP contribution < -0.4 is 11.1 Å². The van der Waals surface area contributed by atoms with Gasteiger partial charge in [-0.05, 0) is 18.2 Å². The monoisotopic (exact) mass is 236 g/mol. The molecule has 1 aromatic rings. The van der Waals surface area contributed by atoms with Crippen LogP contribution in [0.2, 0.25) is 0 Å². The van der Waals surface area contributed by atoms with E-state index in [0.717, 1.165) is 6.07 Å². The van der Waals surface area contributed by atoms with Gasteiger partial charge in [-0.25, -0.2) is 4.39 Å². The maximum atomic E-state index is 13.1. The zero-order valence-corrected chi connectivity index (χ0v) is 7.94. The molecule has 3 N–H and O–H groups in total. The first-order chi connectivity index (χ1) is 7.30. The van der Waals surface area contributed by atoms with Gasteiger partial charge in [0.25, 0.3) is 0 Å². The van der Waals surface area contributed by atoms with E-state index < -0.39 is 23.5 Å². The lowest BCUT2D eigenvalue weighted by Gasteiger charge is -2.09. The van der Waals surface area contributed by atoms with Crippen LogP contribution in [0, 0.1) is 5.82 Å². The summed E-state index contributed by atoms with van der Waals surface area (Å²) in [7, 11) is 0. The molecule has 0 aliphatic heterocycles. The first-order valence-electron chi connectivity index (χ1n) is 4.19. The zero-order valence-electron chi connectivity index (χ0n) is 7.94. The lowest BCUT2D eigenvalue weighted by molar-refractivity contribution is -0.137. The molecule has 0 saturated carbocycles. The lowest BCUT2D eigenvalue weighted by Crippen LogP contribution is -2.22. The summed E-state index contributed by atoms with van der Waals surface area (Å²) in [6.07, 6.45) is -4.59. The maximum Gasteiger partial charge on any atom is 0.416 e. The van der Waals surface area contributed by atoms with E-state index in [-0.39, 0.29) is 12.2 Å². The third-order valence-corrected chi connectivity index (χ3v) is 1.75. The van der Waals surface area contributed by atoms with E-state index in [9.17, 15) is 22.4 Å². The van der Waals surface area contributed by atoms with Crippen LogP contribution in [0.15, 0.2) is 18.2 Å². The molecule has 0 unspecified atom stereocenters. The van der Waals surface area contributed by atoms with Crippen molar-refractivity contribution in [3.8, 4) is 0 Å². The summed E-state index contributed by atoms with van der Waals surface area (Å²) >= 11 is 0. The van der Waals surface area contributed by atoms with Gasteiger partial charge in [0.2, 0.25) is 5.91 Å². The number of hydrogen-bond donors (Lipinski definition) is 2. The van der Waals surface area contributed by atoms with E-state index in [1.807, 2.05) is 0 Å². The van der Waals surface area contributed by atoms with Crippen LogP contribution in [0.4, 0.5) is 23.2 Å². The van der Waals surface area contributed by atoms with E-state index in [2.05, 4.69) is 5.32 Å². The maximum absolute atomic E-state index is 13.1.